The van der Waals surface area contributed by atoms with Crippen LogP contribution in [-0.2, 0) is 0 Å². The Balaban J connectivity index is 1.79. The number of hydrogen-bond acceptors (Lipinski definition) is 4. The smallest absolute Gasteiger partial charge is 0.257 e. The van der Waals surface area contributed by atoms with E-state index in [1.165, 1.54) is 12.8 Å². The Kier molecular flexibility index (Phi) is 4.10. The molecule has 2 fully saturated rings. The number of pyridine rings is 1. The van der Waals surface area contributed by atoms with Gasteiger partial charge in [-0.15, -0.1) is 0 Å². The van der Waals surface area contributed by atoms with Gasteiger partial charge in [0.15, 0.2) is 0 Å². The molecule has 0 spiro atoms. The number of fused-ring (bicyclic) bond motifs is 2. The van der Waals surface area contributed by atoms with Crippen molar-refractivity contribution in [3.63, 3.8) is 0 Å². The Morgan fingerprint density at radius 2 is 2.19 bits per heavy atom. The summed E-state index contributed by atoms with van der Waals surface area (Å²) in [5.74, 6) is 0.813. The van der Waals surface area contributed by atoms with E-state index in [1.54, 1.807) is 6.20 Å². The third-order valence-electron chi connectivity index (χ3n) is 4.82. The summed E-state index contributed by atoms with van der Waals surface area (Å²) < 4.78 is 0. The van der Waals surface area contributed by atoms with Crippen molar-refractivity contribution in [3.8, 4) is 0 Å². The molecule has 114 valence electrons. The van der Waals surface area contributed by atoms with Crippen molar-refractivity contribution in [2.45, 2.75) is 38.3 Å². The zero-order valence-corrected chi connectivity index (χ0v) is 12.9. The van der Waals surface area contributed by atoms with E-state index in [0.29, 0.717) is 23.5 Å². The van der Waals surface area contributed by atoms with Gasteiger partial charge in [-0.05, 0) is 45.4 Å². The van der Waals surface area contributed by atoms with E-state index in [2.05, 4.69) is 22.2 Å². The maximum atomic E-state index is 12.9. The van der Waals surface area contributed by atoms with E-state index in [0.717, 1.165) is 26.1 Å². The number of hydrogen-bond donors (Lipinski definition) is 1. The van der Waals surface area contributed by atoms with Gasteiger partial charge in [-0.1, -0.05) is 0 Å². The molecule has 1 amide bonds. The molecule has 0 saturated carbocycles. The number of likely N-dealkylation sites (N-methyl/N-ethyl adjacent to an activating group) is 1. The molecule has 3 heterocycles. The number of nitrogens with one attached hydrogen (secondary N) is 1. The van der Waals surface area contributed by atoms with Crippen LogP contribution in [0.4, 0.5) is 5.82 Å². The summed E-state index contributed by atoms with van der Waals surface area (Å²) >= 11 is 0. The third-order valence-corrected chi connectivity index (χ3v) is 4.82. The number of anilines is 1. The van der Waals surface area contributed by atoms with E-state index >= 15 is 0 Å². The lowest BCUT2D eigenvalue weighted by molar-refractivity contribution is 0.0741. The van der Waals surface area contributed by atoms with Crippen molar-refractivity contribution in [1.29, 1.82) is 0 Å². The Bertz CT molecular complexity index is 519. The van der Waals surface area contributed by atoms with Gasteiger partial charge in [-0.2, -0.15) is 0 Å². The molecule has 21 heavy (non-hydrogen) atoms. The Labute approximate surface area is 126 Å². The molecule has 2 aliphatic rings. The molecule has 0 radical (unpaired) electrons. The molecule has 1 aromatic heterocycles. The van der Waals surface area contributed by atoms with Crippen LogP contribution in [-0.4, -0.2) is 59.5 Å². The minimum Gasteiger partial charge on any atom is -0.370 e. The van der Waals surface area contributed by atoms with Crippen LogP contribution < -0.4 is 5.32 Å². The van der Waals surface area contributed by atoms with Crippen LogP contribution in [0.5, 0.6) is 0 Å². The minimum atomic E-state index is 0.111. The van der Waals surface area contributed by atoms with Gasteiger partial charge in [-0.25, -0.2) is 4.98 Å². The highest BCUT2D eigenvalue weighted by Crippen LogP contribution is 2.29. The molecule has 2 unspecified atom stereocenters. The van der Waals surface area contributed by atoms with Crippen LogP contribution in [0, 0.1) is 0 Å². The maximum absolute atomic E-state index is 12.9. The molecule has 2 atom stereocenters. The quantitative estimate of drug-likeness (QED) is 0.922. The predicted octanol–water partition coefficient (Wildman–Crippen LogP) is 1.82. The molecule has 5 nitrogen and oxygen atoms in total. The standard InChI is InChI=1S/C16H24N4O/c1-3-17-15-14(5-4-9-18-15)16(21)20-10-8-12-6-7-13(11-20)19(12)2/h4-5,9,12-13H,3,6-8,10-11H2,1-2H3,(H,17,18). The summed E-state index contributed by atoms with van der Waals surface area (Å²) in [5, 5.41) is 3.19. The average molecular weight is 288 g/mol. The average Bonchev–Trinajstić information content (AvgIpc) is 2.72. The number of likely N-dealkylation sites (tertiary alicyclic amines) is 1. The van der Waals surface area contributed by atoms with Gasteiger partial charge in [0.25, 0.3) is 5.91 Å². The number of carbonyl (C=O) groups is 1. The lowest BCUT2D eigenvalue weighted by Gasteiger charge is -2.26. The van der Waals surface area contributed by atoms with Crippen LogP contribution >= 0.6 is 0 Å². The maximum Gasteiger partial charge on any atom is 0.257 e. The second-order valence-corrected chi connectivity index (χ2v) is 6.02. The second kappa shape index (κ2) is 6.02. The number of amides is 1. The summed E-state index contributed by atoms with van der Waals surface area (Å²) in [6.07, 6.45) is 5.29. The lowest BCUT2D eigenvalue weighted by Crippen LogP contribution is -2.40. The van der Waals surface area contributed by atoms with Crippen molar-refractivity contribution < 1.29 is 4.79 Å². The summed E-state index contributed by atoms with van der Waals surface area (Å²) in [5.41, 5.74) is 0.694. The molecule has 3 rings (SSSR count). The van der Waals surface area contributed by atoms with E-state index in [-0.39, 0.29) is 5.91 Å². The molecular weight excluding hydrogens is 264 g/mol. The van der Waals surface area contributed by atoms with E-state index in [4.69, 9.17) is 0 Å². The first-order valence-electron chi connectivity index (χ1n) is 7.90. The van der Waals surface area contributed by atoms with Gasteiger partial charge in [0.05, 0.1) is 5.56 Å². The fourth-order valence-corrected chi connectivity index (χ4v) is 3.55. The molecule has 5 heteroatoms. The normalized spacial score (nSPS) is 25.7. The molecule has 2 bridgehead atoms. The topological polar surface area (TPSA) is 48.5 Å². The van der Waals surface area contributed by atoms with Crippen molar-refractivity contribution >= 4 is 11.7 Å². The first kappa shape index (κ1) is 14.3. The summed E-state index contributed by atoms with van der Waals surface area (Å²) in [6.45, 7) is 4.48. The number of carbonyl (C=O) groups excluding carboxylic acids is 1. The highest BCUT2D eigenvalue weighted by atomic mass is 16.2. The van der Waals surface area contributed by atoms with E-state index in [9.17, 15) is 4.79 Å². The molecule has 1 N–H and O–H groups in total. The zero-order valence-electron chi connectivity index (χ0n) is 12.9. The van der Waals surface area contributed by atoms with Gasteiger partial charge in [0.1, 0.15) is 5.82 Å². The summed E-state index contributed by atoms with van der Waals surface area (Å²) in [6, 6.07) is 4.88. The molecular formula is C16H24N4O. The fourth-order valence-electron chi connectivity index (χ4n) is 3.55. The van der Waals surface area contributed by atoms with E-state index < -0.39 is 0 Å². The lowest BCUT2D eigenvalue weighted by atomic mass is 10.1. The van der Waals surface area contributed by atoms with Crippen LogP contribution in [0.25, 0.3) is 0 Å². The SMILES string of the molecule is CCNc1ncccc1C(=O)N1CCC2CCC(C1)N2C. The van der Waals surface area contributed by atoms with Crippen molar-refractivity contribution in [2.24, 2.45) is 0 Å². The summed E-state index contributed by atoms with van der Waals surface area (Å²) in [4.78, 5) is 21.6. The highest BCUT2D eigenvalue weighted by molar-refractivity contribution is 5.98. The van der Waals surface area contributed by atoms with Gasteiger partial charge in [-0.3, -0.25) is 9.69 Å². The Hall–Kier alpha value is -1.62. The van der Waals surface area contributed by atoms with Crippen molar-refractivity contribution in [3.05, 3.63) is 23.9 Å². The molecule has 2 aliphatic heterocycles. The van der Waals surface area contributed by atoms with Crippen LogP contribution in [0.2, 0.25) is 0 Å². The summed E-state index contributed by atoms with van der Waals surface area (Å²) in [7, 11) is 2.20. The molecule has 0 aliphatic carbocycles. The first-order chi connectivity index (χ1) is 10.2. The van der Waals surface area contributed by atoms with E-state index in [1.807, 2.05) is 24.0 Å². The monoisotopic (exact) mass is 288 g/mol. The Morgan fingerprint density at radius 1 is 1.38 bits per heavy atom. The second-order valence-electron chi connectivity index (χ2n) is 6.02. The molecule has 0 aromatic carbocycles. The van der Waals surface area contributed by atoms with Gasteiger partial charge < -0.3 is 10.2 Å². The van der Waals surface area contributed by atoms with Gasteiger partial charge in [0.2, 0.25) is 0 Å². The number of nitrogens with zero attached hydrogens (tertiary/aromatic N) is 3. The van der Waals surface area contributed by atoms with Crippen LogP contribution in [0.1, 0.15) is 36.5 Å². The molecule has 2 saturated heterocycles. The van der Waals surface area contributed by atoms with Crippen molar-refractivity contribution in [2.75, 3.05) is 32.0 Å². The highest BCUT2D eigenvalue weighted by Gasteiger charge is 2.36. The number of rotatable bonds is 3. The van der Waals surface area contributed by atoms with Crippen LogP contribution in [0.3, 0.4) is 0 Å². The van der Waals surface area contributed by atoms with Gasteiger partial charge in [0, 0.05) is 37.9 Å². The third kappa shape index (κ3) is 2.75. The Morgan fingerprint density at radius 3 is 3.00 bits per heavy atom. The fraction of sp³-hybridized carbons (Fsp3) is 0.625. The molecule has 1 aromatic rings. The van der Waals surface area contributed by atoms with Crippen LogP contribution in [0.15, 0.2) is 18.3 Å². The predicted molar refractivity (Wildman–Crippen MR) is 83.5 cm³/mol. The first-order valence-corrected chi connectivity index (χ1v) is 7.90. The largest absolute Gasteiger partial charge is 0.370 e. The number of aromatic nitrogens is 1. The zero-order chi connectivity index (χ0) is 14.8. The minimum absolute atomic E-state index is 0.111. The van der Waals surface area contributed by atoms with Gasteiger partial charge >= 0.3 is 0 Å². The van der Waals surface area contributed by atoms with Crippen molar-refractivity contribution in [1.82, 2.24) is 14.8 Å².